The predicted molar refractivity (Wildman–Crippen MR) is 60.4 cm³/mol. The molecule has 0 aromatic carbocycles. The van der Waals surface area contributed by atoms with Crippen LogP contribution >= 0.6 is 0 Å². The average Bonchev–Trinajstić information content (AvgIpc) is 2.15. The van der Waals surface area contributed by atoms with Crippen LogP contribution in [0.1, 0.15) is 54.4 Å². The Morgan fingerprint density at radius 3 is 1.64 bits per heavy atom. The van der Waals surface area contributed by atoms with E-state index >= 15 is 0 Å². The molecule has 2 unspecified atom stereocenters. The monoisotopic (exact) mass is 202 g/mol. The summed E-state index contributed by atoms with van der Waals surface area (Å²) in [6.45, 7) is 12.2. The third-order valence-corrected chi connectivity index (χ3v) is 4.36. The molecule has 86 valence electrons. The van der Waals surface area contributed by atoms with Crippen LogP contribution < -0.4 is 0 Å². The van der Waals surface area contributed by atoms with Crippen LogP contribution in [0.5, 0.6) is 0 Å². The highest BCUT2D eigenvalue weighted by molar-refractivity contribution is 5.02. The van der Waals surface area contributed by atoms with Gasteiger partial charge in [-0.05, 0) is 32.1 Å². The standard InChI is InChI=1S/C12H26O2/c1-8-10(3,4)12(6,13)11(5,9-2)14-7/h13H,8-9H2,1-7H3. The van der Waals surface area contributed by atoms with Crippen LogP contribution in [-0.4, -0.2) is 23.4 Å². The van der Waals surface area contributed by atoms with Gasteiger partial charge in [-0.1, -0.05) is 27.7 Å². The van der Waals surface area contributed by atoms with Crippen molar-refractivity contribution in [1.82, 2.24) is 0 Å². The van der Waals surface area contributed by atoms with Gasteiger partial charge in [0, 0.05) is 7.11 Å². The molecule has 0 amide bonds. The van der Waals surface area contributed by atoms with E-state index in [1.165, 1.54) is 0 Å². The van der Waals surface area contributed by atoms with Crippen LogP contribution in [0.25, 0.3) is 0 Å². The zero-order chi connectivity index (χ0) is 11.6. The number of hydrogen-bond acceptors (Lipinski definition) is 2. The van der Waals surface area contributed by atoms with Gasteiger partial charge in [0.2, 0.25) is 0 Å². The number of methoxy groups -OCH3 is 1. The highest BCUT2D eigenvalue weighted by Crippen LogP contribution is 2.44. The molecule has 0 fully saturated rings. The van der Waals surface area contributed by atoms with Crippen molar-refractivity contribution in [2.24, 2.45) is 5.41 Å². The molecule has 2 atom stereocenters. The van der Waals surface area contributed by atoms with Crippen molar-refractivity contribution in [1.29, 1.82) is 0 Å². The minimum Gasteiger partial charge on any atom is -0.387 e. The molecular formula is C12H26O2. The summed E-state index contributed by atoms with van der Waals surface area (Å²) in [5, 5.41) is 10.6. The van der Waals surface area contributed by atoms with Gasteiger partial charge in [-0.3, -0.25) is 0 Å². The second kappa shape index (κ2) is 4.19. The molecular weight excluding hydrogens is 176 g/mol. The van der Waals surface area contributed by atoms with E-state index in [2.05, 4.69) is 20.8 Å². The Morgan fingerprint density at radius 2 is 1.43 bits per heavy atom. The zero-order valence-electron chi connectivity index (χ0n) is 10.8. The summed E-state index contributed by atoms with van der Waals surface area (Å²) in [6.07, 6.45) is 1.74. The molecule has 0 saturated heterocycles. The summed E-state index contributed by atoms with van der Waals surface area (Å²) >= 11 is 0. The third kappa shape index (κ3) is 1.96. The molecule has 0 aromatic heterocycles. The van der Waals surface area contributed by atoms with E-state index in [0.717, 1.165) is 12.8 Å². The molecule has 0 aromatic rings. The summed E-state index contributed by atoms with van der Waals surface area (Å²) in [5.41, 5.74) is -1.45. The first-order valence-corrected chi connectivity index (χ1v) is 5.46. The molecule has 0 aliphatic carbocycles. The van der Waals surface area contributed by atoms with Crippen LogP contribution in [0, 0.1) is 5.41 Å². The summed E-state index contributed by atoms with van der Waals surface area (Å²) in [6, 6.07) is 0. The van der Waals surface area contributed by atoms with Crippen LogP contribution in [-0.2, 0) is 4.74 Å². The first-order chi connectivity index (χ1) is 6.18. The van der Waals surface area contributed by atoms with Crippen molar-refractivity contribution in [3.63, 3.8) is 0 Å². The Morgan fingerprint density at radius 1 is 1.00 bits per heavy atom. The fourth-order valence-electron chi connectivity index (χ4n) is 1.75. The Labute approximate surface area is 88.7 Å². The van der Waals surface area contributed by atoms with Gasteiger partial charge in [-0.25, -0.2) is 0 Å². The fraction of sp³-hybridized carbons (Fsp3) is 1.00. The van der Waals surface area contributed by atoms with Crippen LogP contribution in [0.15, 0.2) is 0 Å². The van der Waals surface area contributed by atoms with E-state index in [1.54, 1.807) is 7.11 Å². The molecule has 0 aliphatic rings. The highest BCUT2D eigenvalue weighted by Gasteiger charge is 2.51. The Hall–Kier alpha value is -0.0800. The Balaban J connectivity index is 5.10. The number of rotatable bonds is 5. The van der Waals surface area contributed by atoms with Crippen molar-refractivity contribution < 1.29 is 9.84 Å². The Bertz CT molecular complexity index is 179. The van der Waals surface area contributed by atoms with Gasteiger partial charge < -0.3 is 9.84 Å². The average molecular weight is 202 g/mol. The lowest BCUT2D eigenvalue weighted by molar-refractivity contribution is -0.204. The minimum absolute atomic E-state index is 0.145. The van der Waals surface area contributed by atoms with Crippen LogP contribution in [0.2, 0.25) is 0 Å². The summed E-state index contributed by atoms with van der Waals surface area (Å²) in [4.78, 5) is 0. The van der Waals surface area contributed by atoms with Gasteiger partial charge in [0.15, 0.2) is 0 Å². The lowest BCUT2D eigenvalue weighted by Crippen LogP contribution is -2.59. The molecule has 14 heavy (non-hydrogen) atoms. The molecule has 0 spiro atoms. The van der Waals surface area contributed by atoms with Crippen molar-refractivity contribution in [3.8, 4) is 0 Å². The smallest absolute Gasteiger partial charge is 0.0955 e. The summed E-state index contributed by atoms with van der Waals surface area (Å²) < 4.78 is 5.49. The number of ether oxygens (including phenoxy) is 1. The maximum Gasteiger partial charge on any atom is 0.0955 e. The number of hydrogen-bond donors (Lipinski definition) is 1. The molecule has 0 heterocycles. The van der Waals surface area contributed by atoms with E-state index in [-0.39, 0.29) is 5.41 Å². The van der Waals surface area contributed by atoms with Gasteiger partial charge in [0.25, 0.3) is 0 Å². The third-order valence-electron chi connectivity index (χ3n) is 4.36. The van der Waals surface area contributed by atoms with Crippen LogP contribution in [0.4, 0.5) is 0 Å². The van der Waals surface area contributed by atoms with E-state index in [0.29, 0.717) is 0 Å². The predicted octanol–water partition coefficient (Wildman–Crippen LogP) is 2.99. The first-order valence-electron chi connectivity index (χ1n) is 5.46. The lowest BCUT2D eigenvalue weighted by Gasteiger charge is -2.50. The highest BCUT2D eigenvalue weighted by atomic mass is 16.5. The van der Waals surface area contributed by atoms with Gasteiger partial charge in [-0.15, -0.1) is 0 Å². The van der Waals surface area contributed by atoms with Crippen molar-refractivity contribution in [2.45, 2.75) is 65.6 Å². The SMILES string of the molecule is CCC(C)(C)C(C)(O)C(C)(CC)OC. The maximum atomic E-state index is 10.6. The van der Waals surface area contributed by atoms with Crippen molar-refractivity contribution >= 4 is 0 Å². The van der Waals surface area contributed by atoms with E-state index in [1.807, 2.05) is 20.8 Å². The normalized spacial score (nSPS) is 21.4. The van der Waals surface area contributed by atoms with E-state index < -0.39 is 11.2 Å². The van der Waals surface area contributed by atoms with Crippen molar-refractivity contribution in [2.75, 3.05) is 7.11 Å². The maximum absolute atomic E-state index is 10.6. The first kappa shape index (κ1) is 13.9. The van der Waals surface area contributed by atoms with Crippen molar-refractivity contribution in [3.05, 3.63) is 0 Å². The quantitative estimate of drug-likeness (QED) is 0.742. The molecule has 0 saturated carbocycles. The van der Waals surface area contributed by atoms with E-state index in [4.69, 9.17) is 4.74 Å². The second-order valence-corrected chi connectivity index (χ2v) is 5.10. The molecule has 0 bridgehead atoms. The molecule has 0 rings (SSSR count). The van der Waals surface area contributed by atoms with E-state index in [9.17, 15) is 5.11 Å². The van der Waals surface area contributed by atoms with Crippen LogP contribution in [0.3, 0.4) is 0 Å². The molecule has 0 aliphatic heterocycles. The zero-order valence-corrected chi connectivity index (χ0v) is 10.8. The molecule has 2 nitrogen and oxygen atoms in total. The molecule has 1 N–H and O–H groups in total. The number of aliphatic hydroxyl groups is 1. The largest absolute Gasteiger partial charge is 0.387 e. The van der Waals surface area contributed by atoms with Gasteiger partial charge in [0.1, 0.15) is 0 Å². The molecule has 2 heteroatoms. The minimum atomic E-state index is -0.821. The second-order valence-electron chi connectivity index (χ2n) is 5.10. The summed E-state index contributed by atoms with van der Waals surface area (Å²) in [7, 11) is 1.67. The fourth-order valence-corrected chi connectivity index (χ4v) is 1.75. The topological polar surface area (TPSA) is 29.5 Å². The van der Waals surface area contributed by atoms with Gasteiger partial charge in [-0.2, -0.15) is 0 Å². The Kier molecular flexibility index (Phi) is 4.17. The van der Waals surface area contributed by atoms with Gasteiger partial charge >= 0.3 is 0 Å². The van der Waals surface area contributed by atoms with Gasteiger partial charge in [0.05, 0.1) is 11.2 Å². The molecule has 0 radical (unpaired) electrons. The lowest BCUT2D eigenvalue weighted by atomic mass is 9.65. The summed E-state index contributed by atoms with van der Waals surface area (Å²) in [5.74, 6) is 0.